The molecule has 0 saturated carbocycles. The predicted octanol–water partition coefficient (Wildman–Crippen LogP) is 0.549. The van der Waals surface area contributed by atoms with Crippen LogP contribution in [0.3, 0.4) is 0 Å². The summed E-state index contributed by atoms with van der Waals surface area (Å²) in [5, 5.41) is 9.07. The number of aliphatic carboxylic acids is 1. The van der Waals surface area contributed by atoms with Gasteiger partial charge in [-0.1, -0.05) is 0 Å². The van der Waals surface area contributed by atoms with Gasteiger partial charge >= 0.3 is 5.97 Å². The van der Waals surface area contributed by atoms with Crippen molar-refractivity contribution in [3.05, 3.63) is 0 Å². The lowest BCUT2D eigenvalue weighted by Gasteiger charge is -2.17. The Kier molecular flexibility index (Phi) is 4.73. The first-order valence-electron chi connectivity index (χ1n) is 5.38. The molecule has 0 aromatic carbocycles. The standard InChI is InChI=1S/C10H18O5S/c1-15-5-2-3-9(10(11)12)8-4-6-16(13,14)7-8/h8-9H,2-7H2,1H3,(H,11,12). The third kappa shape index (κ3) is 3.75. The number of carboxylic acid groups (broad SMARTS) is 1. The monoisotopic (exact) mass is 250 g/mol. The van der Waals surface area contributed by atoms with E-state index in [0.717, 1.165) is 0 Å². The van der Waals surface area contributed by atoms with Crippen LogP contribution in [0.15, 0.2) is 0 Å². The summed E-state index contributed by atoms with van der Waals surface area (Å²) in [5.41, 5.74) is 0. The first-order chi connectivity index (χ1) is 7.46. The van der Waals surface area contributed by atoms with Crippen molar-refractivity contribution in [2.24, 2.45) is 11.8 Å². The molecule has 2 unspecified atom stereocenters. The second-order valence-electron chi connectivity index (χ2n) is 4.24. The van der Waals surface area contributed by atoms with E-state index in [1.807, 2.05) is 0 Å². The van der Waals surface area contributed by atoms with Crippen molar-refractivity contribution in [2.45, 2.75) is 19.3 Å². The Morgan fingerprint density at radius 1 is 1.56 bits per heavy atom. The summed E-state index contributed by atoms with van der Waals surface area (Å²) in [6.45, 7) is 0.517. The topological polar surface area (TPSA) is 80.7 Å². The molecule has 1 N–H and O–H groups in total. The highest BCUT2D eigenvalue weighted by Crippen LogP contribution is 2.29. The highest BCUT2D eigenvalue weighted by Gasteiger charge is 2.36. The van der Waals surface area contributed by atoms with E-state index in [1.165, 1.54) is 0 Å². The first-order valence-corrected chi connectivity index (χ1v) is 7.20. The maximum absolute atomic E-state index is 11.3. The van der Waals surface area contributed by atoms with Crippen LogP contribution in [-0.2, 0) is 19.4 Å². The van der Waals surface area contributed by atoms with Gasteiger partial charge in [0.1, 0.15) is 0 Å². The third-order valence-electron chi connectivity index (χ3n) is 3.02. The molecule has 0 aromatic rings. The zero-order chi connectivity index (χ0) is 12.2. The number of sulfone groups is 1. The molecule has 1 rings (SSSR count). The van der Waals surface area contributed by atoms with Gasteiger partial charge in [-0.2, -0.15) is 0 Å². The van der Waals surface area contributed by atoms with E-state index in [9.17, 15) is 13.2 Å². The van der Waals surface area contributed by atoms with E-state index < -0.39 is 21.7 Å². The van der Waals surface area contributed by atoms with Gasteiger partial charge in [0.2, 0.25) is 0 Å². The molecule has 0 radical (unpaired) electrons. The average Bonchev–Trinajstić information content (AvgIpc) is 2.53. The minimum atomic E-state index is -3.00. The number of ether oxygens (including phenoxy) is 1. The lowest BCUT2D eigenvalue weighted by atomic mass is 9.88. The molecule has 16 heavy (non-hydrogen) atoms. The maximum atomic E-state index is 11.3. The van der Waals surface area contributed by atoms with Crippen LogP contribution in [0, 0.1) is 11.8 Å². The summed E-state index contributed by atoms with van der Waals surface area (Å²) >= 11 is 0. The summed E-state index contributed by atoms with van der Waals surface area (Å²) in [5.74, 6) is -1.51. The fourth-order valence-electron chi connectivity index (χ4n) is 2.15. The van der Waals surface area contributed by atoms with Crippen LogP contribution >= 0.6 is 0 Å². The summed E-state index contributed by atoms with van der Waals surface area (Å²) in [7, 11) is -1.43. The van der Waals surface area contributed by atoms with Crippen molar-refractivity contribution in [1.29, 1.82) is 0 Å². The van der Waals surface area contributed by atoms with Crippen molar-refractivity contribution >= 4 is 15.8 Å². The van der Waals surface area contributed by atoms with Crippen molar-refractivity contribution in [3.8, 4) is 0 Å². The number of carboxylic acids is 1. The molecule has 1 aliphatic rings. The number of methoxy groups -OCH3 is 1. The number of rotatable bonds is 6. The molecule has 94 valence electrons. The van der Waals surface area contributed by atoms with Crippen molar-refractivity contribution < 1.29 is 23.1 Å². The second kappa shape index (κ2) is 5.63. The van der Waals surface area contributed by atoms with Gasteiger partial charge in [-0.3, -0.25) is 4.79 Å². The van der Waals surface area contributed by atoms with Gasteiger partial charge in [-0.25, -0.2) is 8.42 Å². The number of hydrogen-bond donors (Lipinski definition) is 1. The van der Waals surface area contributed by atoms with Gasteiger partial charge in [-0.05, 0) is 25.2 Å². The van der Waals surface area contributed by atoms with E-state index in [4.69, 9.17) is 9.84 Å². The largest absolute Gasteiger partial charge is 0.481 e. The van der Waals surface area contributed by atoms with Gasteiger partial charge in [0, 0.05) is 13.7 Å². The smallest absolute Gasteiger partial charge is 0.306 e. The molecule has 5 nitrogen and oxygen atoms in total. The molecule has 0 amide bonds. The highest BCUT2D eigenvalue weighted by atomic mass is 32.2. The summed E-state index contributed by atoms with van der Waals surface area (Å²) in [4.78, 5) is 11.1. The quantitative estimate of drug-likeness (QED) is 0.696. The minimum Gasteiger partial charge on any atom is -0.481 e. The van der Waals surface area contributed by atoms with Crippen LogP contribution < -0.4 is 0 Å². The van der Waals surface area contributed by atoms with Crippen molar-refractivity contribution in [1.82, 2.24) is 0 Å². The van der Waals surface area contributed by atoms with E-state index in [1.54, 1.807) is 7.11 Å². The molecule has 1 aliphatic heterocycles. The Labute approximate surface area is 95.7 Å². The van der Waals surface area contributed by atoms with Crippen LogP contribution in [0.2, 0.25) is 0 Å². The predicted molar refractivity (Wildman–Crippen MR) is 59.0 cm³/mol. The summed E-state index contributed by atoms with van der Waals surface area (Å²) < 4.78 is 27.4. The molecular formula is C10H18O5S. The Morgan fingerprint density at radius 3 is 2.69 bits per heavy atom. The molecule has 0 spiro atoms. The first kappa shape index (κ1) is 13.4. The number of carbonyl (C=O) groups is 1. The zero-order valence-electron chi connectivity index (χ0n) is 9.39. The summed E-state index contributed by atoms with van der Waals surface area (Å²) in [6.07, 6.45) is 1.62. The van der Waals surface area contributed by atoms with Crippen LogP contribution in [0.1, 0.15) is 19.3 Å². The van der Waals surface area contributed by atoms with E-state index in [0.29, 0.717) is 25.9 Å². The van der Waals surface area contributed by atoms with E-state index in [-0.39, 0.29) is 17.4 Å². The molecule has 2 atom stereocenters. The van der Waals surface area contributed by atoms with Crippen LogP contribution in [0.5, 0.6) is 0 Å². The van der Waals surface area contributed by atoms with Gasteiger partial charge in [0.05, 0.1) is 17.4 Å². The summed E-state index contributed by atoms with van der Waals surface area (Å²) in [6, 6.07) is 0. The van der Waals surface area contributed by atoms with Gasteiger partial charge in [0.25, 0.3) is 0 Å². The van der Waals surface area contributed by atoms with Crippen molar-refractivity contribution in [2.75, 3.05) is 25.2 Å². The fraction of sp³-hybridized carbons (Fsp3) is 0.900. The zero-order valence-corrected chi connectivity index (χ0v) is 10.2. The van der Waals surface area contributed by atoms with Gasteiger partial charge in [-0.15, -0.1) is 0 Å². The Balaban J connectivity index is 2.54. The van der Waals surface area contributed by atoms with Gasteiger partial charge < -0.3 is 9.84 Å². The van der Waals surface area contributed by atoms with Crippen LogP contribution in [0.4, 0.5) is 0 Å². The highest BCUT2D eigenvalue weighted by molar-refractivity contribution is 7.91. The Bertz CT molecular complexity index is 335. The number of hydrogen-bond acceptors (Lipinski definition) is 4. The molecule has 6 heteroatoms. The van der Waals surface area contributed by atoms with E-state index in [2.05, 4.69) is 0 Å². The second-order valence-corrected chi connectivity index (χ2v) is 6.47. The molecule has 0 bridgehead atoms. The lowest BCUT2D eigenvalue weighted by Crippen LogP contribution is -2.25. The van der Waals surface area contributed by atoms with E-state index >= 15 is 0 Å². The fourth-order valence-corrected chi connectivity index (χ4v) is 4.03. The van der Waals surface area contributed by atoms with Crippen LogP contribution in [-0.4, -0.2) is 44.7 Å². The van der Waals surface area contributed by atoms with Crippen LogP contribution in [0.25, 0.3) is 0 Å². The Morgan fingerprint density at radius 2 is 2.25 bits per heavy atom. The lowest BCUT2D eigenvalue weighted by molar-refractivity contribution is -0.143. The molecule has 1 heterocycles. The molecular weight excluding hydrogens is 232 g/mol. The van der Waals surface area contributed by atoms with Gasteiger partial charge in [0.15, 0.2) is 9.84 Å². The normalized spacial score (nSPS) is 25.4. The van der Waals surface area contributed by atoms with Crippen molar-refractivity contribution in [3.63, 3.8) is 0 Å². The third-order valence-corrected chi connectivity index (χ3v) is 4.81. The minimum absolute atomic E-state index is 0.0248. The molecule has 0 aliphatic carbocycles. The average molecular weight is 250 g/mol. The molecule has 1 saturated heterocycles. The molecule has 0 aromatic heterocycles. The Hall–Kier alpha value is -0.620. The SMILES string of the molecule is COCCCC(C(=O)O)C1CCS(=O)(=O)C1. The molecule has 1 fully saturated rings. The maximum Gasteiger partial charge on any atom is 0.306 e.